The molecule has 0 spiro atoms. The molecular formula is C87H63N5. The van der Waals surface area contributed by atoms with Crippen molar-refractivity contribution >= 4 is 43.6 Å². The lowest BCUT2D eigenvalue weighted by Crippen LogP contribution is -2.16. The molecule has 12 aromatic carbocycles. The Morgan fingerprint density at radius 3 is 1.03 bits per heavy atom. The summed E-state index contributed by atoms with van der Waals surface area (Å²) in [6, 6.07) is 111. The van der Waals surface area contributed by atoms with Gasteiger partial charge in [-0.05, 0) is 110 Å². The van der Waals surface area contributed by atoms with Crippen LogP contribution in [0.2, 0.25) is 0 Å². The first-order valence-electron chi connectivity index (χ1n) is 31.8. The van der Waals surface area contributed by atoms with Crippen LogP contribution in [0.4, 0.5) is 0 Å². The molecule has 0 bridgehead atoms. The minimum Gasteiger partial charge on any atom is -0.309 e. The van der Waals surface area contributed by atoms with Crippen LogP contribution in [0.3, 0.4) is 0 Å². The molecule has 5 heteroatoms. The fourth-order valence-corrected chi connectivity index (χ4v) is 15.0. The van der Waals surface area contributed by atoms with Crippen LogP contribution in [0, 0.1) is 0 Å². The van der Waals surface area contributed by atoms with Crippen molar-refractivity contribution < 1.29 is 0 Å². The Balaban J connectivity index is 0.000000141. The van der Waals surface area contributed by atoms with Crippen molar-refractivity contribution in [3.63, 3.8) is 0 Å². The molecule has 2 aliphatic rings. The second-order valence-corrected chi connectivity index (χ2v) is 25.5. The van der Waals surface area contributed by atoms with E-state index in [4.69, 9.17) is 15.0 Å². The van der Waals surface area contributed by atoms with Gasteiger partial charge in [0.25, 0.3) is 0 Å². The maximum atomic E-state index is 5.09. The summed E-state index contributed by atoms with van der Waals surface area (Å²) in [4.78, 5) is 15.1. The van der Waals surface area contributed by atoms with Gasteiger partial charge in [-0.2, -0.15) is 0 Å². The van der Waals surface area contributed by atoms with Gasteiger partial charge < -0.3 is 9.13 Å². The molecule has 0 unspecified atom stereocenters. The molecule has 4 aromatic heterocycles. The molecule has 16 aromatic rings. The quantitative estimate of drug-likeness (QED) is 0.152. The SMILES string of the molecule is CC1(C)c2ccccc2-c2ccc3c4ccccc4n(-c4ccc(-c5cc(-c6ccccc6)nc(-c6ccccc6)c5)cc4)c3c21.CC1(C)c2ccccc2-c2ccc3c4ccccc4n(-c4ccc(-c5cc(-c6ccccc6)nc(-c6ccccc6)n5)cc4)c3c21. The first-order valence-corrected chi connectivity index (χ1v) is 31.8. The molecule has 0 atom stereocenters. The van der Waals surface area contributed by atoms with Gasteiger partial charge >= 0.3 is 0 Å². The molecule has 4 heterocycles. The van der Waals surface area contributed by atoms with Gasteiger partial charge in [0.2, 0.25) is 0 Å². The summed E-state index contributed by atoms with van der Waals surface area (Å²) in [6.07, 6.45) is 0. The number of fused-ring (bicyclic) bond motifs is 14. The molecule has 0 radical (unpaired) electrons. The zero-order valence-electron chi connectivity index (χ0n) is 51.7. The summed E-state index contributed by atoms with van der Waals surface area (Å²) in [5.74, 6) is 0.723. The van der Waals surface area contributed by atoms with E-state index in [1.165, 1.54) is 93.7 Å². The number of hydrogen-bond acceptors (Lipinski definition) is 3. The van der Waals surface area contributed by atoms with Gasteiger partial charge in [0.15, 0.2) is 5.82 Å². The number of nitrogens with zero attached hydrogens (tertiary/aromatic N) is 5. The lowest BCUT2D eigenvalue weighted by molar-refractivity contribution is 0.663. The highest BCUT2D eigenvalue weighted by Gasteiger charge is 2.40. The van der Waals surface area contributed by atoms with E-state index in [1.54, 1.807) is 0 Å². The third kappa shape index (κ3) is 8.87. The highest BCUT2D eigenvalue weighted by molar-refractivity contribution is 6.14. The molecule has 0 saturated heterocycles. The molecule has 0 aliphatic heterocycles. The zero-order chi connectivity index (χ0) is 61.7. The summed E-state index contributed by atoms with van der Waals surface area (Å²) in [5.41, 5.74) is 29.4. The van der Waals surface area contributed by atoms with Gasteiger partial charge in [-0.1, -0.05) is 282 Å². The predicted octanol–water partition coefficient (Wildman–Crippen LogP) is 22.4. The van der Waals surface area contributed by atoms with Crippen LogP contribution in [0.15, 0.2) is 309 Å². The van der Waals surface area contributed by atoms with Crippen LogP contribution in [-0.4, -0.2) is 24.1 Å². The van der Waals surface area contributed by atoms with Crippen molar-refractivity contribution in [2.45, 2.75) is 38.5 Å². The molecule has 0 N–H and O–H groups in total. The van der Waals surface area contributed by atoms with Gasteiger partial charge in [0.05, 0.1) is 44.8 Å². The van der Waals surface area contributed by atoms with Gasteiger partial charge in [0.1, 0.15) is 0 Å². The Morgan fingerprint density at radius 1 is 0.250 bits per heavy atom. The monoisotopic (exact) mass is 1180 g/mol. The van der Waals surface area contributed by atoms with E-state index in [1.807, 2.05) is 36.4 Å². The molecule has 92 heavy (non-hydrogen) atoms. The standard InChI is InChI=1S/C44H32N2.C43H31N3/c1-44(2)38-19-11-9-17-34(38)36-25-26-37-35-18-10-12-20-41(35)46(43(37)42(36)44)33-23-21-29(22-24-33)32-27-39(30-13-5-3-6-14-30)45-40(28-32)31-15-7-4-8-16-31;1-43(2)36-19-11-9-17-32(36)34-25-26-35-33-18-10-12-20-39(33)46(41(35)40(34)43)31-23-21-29(22-24-31)38-27-37(28-13-5-3-6-14-28)44-42(45-38)30-15-7-4-8-16-30/h3-28H,1-2H3;3-27H,1-2H3. The average molecular weight is 1180 g/mol. The summed E-state index contributed by atoms with van der Waals surface area (Å²) in [5, 5.41) is 5.14. The van der Waals surface area contributed by atoms with Crippen LogP contribution >= 0.6 is 0 Å². The second-order valence-electron chi connectivity index (χ2n) is 25.5. The zero-order valence-corrected chi connectivity index (χ0v) is 51.7. The topological polar surface area (TPSA) is 48.5 Å². The van der Waals surface area contributed by atoms with E-state index in [9.17, 15) is 0 Å². The third-order valence-electron chi connectivity index (χ3n) is 19.4. The third-order valence-corrected chi connectivity index (χ3v) is 19.4. The molecular weight excluding hydrogens is 1110 g/mol. The van der Waals surface area contributed by atoms with Crippen LogP contribution in [0.25, 0.3) is 145 Å². The second kappa shape index (κ2) is 21.6. The van der Waals surface area contributed by atoms with E-state index < -0.39 is 0 Å². The Kier molecular flexibility index (Phi) is 12.8. The lowest BCUT2D eigenvalue weighted by atomic mass is 9.81. The Morgan fingerprint density at radius 2 is 0.598 bits per heavy atom. The summed E-state index contributed by atoms with van der Waals surface area (Å²) >= 11 is 0. The highest BCUT2D eigenvalue weighted by atomic mass is 15.0. The normalized spacial score (nSPS) is 13.2. The van der Waals surface area contributed by atoms with Crippen molar-refractivity contribution in [1.82, 2.24) is 24.1 Å². The summed E-state index contributed by atoms with van der Waals surface area (Å²) < 4.78 is 4.95. The van der Waals surface area contributed by atoms with Gasteiger partial charge in [0, 0.05) is 71.6 Å². The largest absolute Gasteiger partial charge is 0.309 e. The van der Waals surface area contributed by atoms with Crippen LogP contribution in [0.5, 0.6) is 0 Å². The first kappa shape index (κ1) is 54.6. The number of benzene rings is 12. The summed E-state index contributed by atoms with van der Waals surface area (Å²) in [7, 11) is 0. The fraction of sp³-hybridized carbons (Fsp3) is 0.0690. The molecule has 436 valence electrons. The molecule has 18 rings (SSSR count). The number of rotatable bonds is 8. The molecule has 0 amide bonds. The van der Waals surface area contributed by atoms with Crippen LogP contribution in [0.1, 0.15) is 49.9 Å². The molecule has 5 nitrogen and oxygen atoms in total. The predicted molar refractivity (Wildman–Crippen MR) is 383 cm³/mol. The van der Waals surface area contributed by atoms with Crippen molar-refractivity contribution in [3.05, 3.63) is 332 Å². The highest BCUT2D eigenvalue weighted by Crippen LogP contribution is 2.55. The Labute approximate surface area is 535 Å². The maximum Gasteiger partial charge on any atom is 0.160 e. The van der Waals surface area contributed by atoms with E-state index >= 15 is 0 Å². The molecule has 2 aliphatic carbocycles. The van der Waals surface area contributed by atoms with Gasteiger partial charge in [-0.3, -0.25) is 0 Å². The van der Waals surface area contributed by atoms with Crippen LogP contribution in [-0.2, 0) is 10.8 Å². The number of para-hydroxylation sites is 2. The Hall–Kier alpha value is -11.5. The fourth-order valence-electron chi connectivity index (χ4n) is 15.0. The van der Waals surface area contributed by atoms with Gasteiger partial charge in [-0.15, -0.1) is 0 Å². The van der Waals surface area contributed by atoms with Crippen molar-refractivity contribution in [2.75, 3.05) is 0 Å². The minimum absolute atomic E-state index is 0.115. The molecule has 0 saturated carbocycles. The first-order chi connectivity index (χ1) is 45.2. The van der Waals surface area contributed by atoms with E-state index in [0.29, 0.717) is 0 Å². The maximum absolute atomic E-state index is 5.09. The van der Waals surface area contributed by atoms with Crippen molar-refractivity contribution in [1.29, 1.82) is 0 Å². The van der Waals surface area contributed by atoms with Gasteiger partial charge in [-0.25, -0.2) is 15.0 Å². The smallest absolute Gasteiger partial charge is 0.160 e. The van der Waals surface area contributed by atoms with E-state index in [-0.39, 0.29) is 10.8 Å². The Bertz CT molecular complexity index is 5060. The van der Waals surface area contributed by atoms with Crippen molar-refractivity contribution in [2.24, 2.45) is 0 Å². The van der Waals surface area contributed by atoms with Crippen LogP contribution < -0.4 is 0 Å². The average Bonchev–Trinajstić information content (AvgIpc) is 1.55. The van der Waals surface area contributed by atoms with E-state index in [0.717, 1.165) is 73.4 Å². The lowest BCUT2D eigenvalue weighted by Gasteiger charge is -2.23. The number of hydrogen-bond donors (Lipinski definition) is 0. The minimum atomic E-state index is -0.125. The molecule has 0 fully saturated rings. The number of aromatic nitrogens is 5. The van der Waals surface area contributed by atoms with E-state index in [2.05, 4.69) is 310 Å². The summed E-state index contributed by atoms with van der Waals surface area (Å²) in [6.45, 7) is 9.48. The van der Waals surface area contributed by atoms with Crippen molar-refractivity contribution in [3.8, 4) is 101 Å². The number of pyridine rings is 1.